The molecule has 1 amide bonds. The summed E-state index contributed by atoms with van der Waals surface area (Å²) in [4.78, 5) is 20.4. The number of nitrogens with one attached hydrogen (secondary N) is 2. The molecule has 0 spiro atoms. The molecule has 0 radical (unpaired) electrons. The van der Waals surface area contributed by atoms with Gasteiger partial charge in [-0.3, -0.25) is 4.79 Å². The lowest BCUT2D eigenvalue weighted by Crippen LogP contribution is -2.24. The van der Waals surface area contributed by atoms with Crippen LogP contribution in [0.25, 0.3) is 0 Å². The molecular weight excluding hydrogens is 360 g/mol. The second-order valence-electron chi connectivity index (χ2n) is 5.92. The van der Waals surface area contributed by atoms with E-state index in [1.165, 1.54) is 6.33 Å². The van der Waals surface area contributed by atoms with Crippen LogP contribution in [-0.4, -0.2) is 36.6 Å². The number of ether oxygens (including phenoxy) is 2. The zero-order valence-electron chi connectivity index (χ0n) is 15.8. The van der Waals surface area contributed by atoms with Crippen LogP contribution in [0.5, 0.6) is 11.5 Å². The Morgan fingerprint density at radius 3 is 2.71 bits per heavy atom. The van der Waals surface area contributed by atoms with Crippen molar-refractivity contribution in [3.05, 3.63) is 66.0 Å². The summed E-state index contributed by atoms with van der Waals surface area (Å²) in [5.74, 6) is 2.36. The molecule has 2 heterocycles. The van der Waals surface area contributed by atoms with E-state index >= 15 is 0 Å². The van der Waals surface area contributed by atoms with Crippen molar-refractivity contribution in [1.82, 2.24) is 15.3 Å². The lowest BCUT2D eigenvalue weighted by atomic mass is 10.1. The van der Waals surface area contributed by atoms with E-state index in [2.05, 4.69) is 20.6 Å². The van der Waals surface area contributed by atoms with Crippen LogP contribution in [0.4, 0.5) is 5.82 Å². The Kier molecular flexibility index (Phi) is 6.46. The highest BCUT2D eigenvalue weighted by atomic mass is 16.5. The predicted octanol–water partition coefficient (Wildman–Crippen LogP) is 2.67. The van der Waals surface area contributed by atoms with Crippen molar-refractivity contribution in [3.8, 4) is 11.5 Å². The maximum Gasteiger partial charge on any atom is 0.270 e. The van der Waals surface area contributed by atoms with E-state index in [1.807, 2.05) is 18.2 Å². The first-order valence-corrected chi connectivity index (χ1v) is 8.77. The zero-order valence-corrected chi connectivity index (χ0v) is 15.8. The third-order valence-corrected chi connectivity index (χ3v) is 4.07. The van der Waals surface area contributed by atoms with Gasteiger partial charge in [-0.25, -0.2) is 9.97 Å². The summed E-state index contributed by atoms with van der Waals surface area (Å²) in [6.45, 7) is 0.942. The summed E-state index contributed by atoms with van der Waals surface area (Å²) in [5.41, 5.74) is 1.38. The number of hydrogen-bond acceptors (Lipinski definition) is 7. The highest BCUT2D eigenvalue weighted by Crippen LogP contribution is 2.27. The number of furan rings is 1. The van der Waals surface area contributed by atoms with Gasteiger partial charge in [0.05, 0.1) is 27.0 Å². The lowest BCUT2D eigenvalue weighted by Gasteiger charge is -2.10. The van der Waals surface area contributed by atoms with E-state index in [-0.39, 0.29) is 11.6 Å². The smallest absolute Gasteiger partial charge is 0.270 e. The largest absolute Gasteiger partial charge is 0.493 e. The first-order valence-electron chi connectivity index (χ1n) is 8.77. The highest BCUT2D eigenvalue weighted by Gasteiger charge is 2.09. The third-order valence-electron chi connectivity index (χ3n) is 4.07. The number of carbonyl (C=O) groups is 1. The Bertz CT molecular complexity index is 912. The minimum atomic E-state index is -0.290. The molecule has 146 valence electrons. The number of methoxy groups -OCH3 is 2. The molecule has 0 aliphatic heterocycles. The van der Waals surface area contributed by atoms with E-state index in [4.69, 9.17) is 13.9 Å². The normalized spacial score (nSPS) is 10.4. The molecule has 0 aliphatic rings. The Balaban J connectivity index is 1.53. The number of benzene rings is 1. The van der Waals surface area contributed by atoms with Crippen molar-refractivity contribution in [1.29, 1.82) is 0 Å². The zero-order chi connectivity index (χ0) is 19.8. The maximum absolute atomic E-state index is 12.2. The Morgan fingerprint density at radius 2 is 1.96 bits per heavy atom. The number of hydrogen-bond donors (Lipinski definition) is 2. The van der Waals surface area contributed by atoms with Crippen LogP contribution >= 0.6 is 0 Å². The van der Waals surface area contributed by atoms with Crippen LogP contribution in [0.1, 0.15) is 21.8 Å². The standard InChI is InChI=1S/C20H22N4O4/c1-26-17-6-5-14(10-18(17)27-2)7-8-21-19-11-16(23-13-24-19)20(25)22-12-15-4-3-9-28-15/h3-6,9-11,13H,7-8,12H2,1-2H3,(H,22,25)(H,21,23,24). The fourth-order valence-corrected chi connectivity index (χ4v) is 2.62. The molecule has 0 bridgehead atoms. The monoisotopic (exact) mass is 382 g/mol. The van der Waals surface area contributed by atoms with E-state index in [1.54, 1.807) is 38.7 Å². The van der Waals surface area contributed by atoms with Gasteiger partial charge in [0, 0.05) is 12.6 Å². The number of carbonyl (C=O) groups excluding carboxylic acids is 1. The fraction of sp³-hybridized carbons (Fsp3) is 0.250. The predicted molar refractivity (Wildman–Crippen MR) is 104 cm³/mol. The Labute approximate surface area is 162 Å². The molecule has 1 aromatic carbocycles. The van der Waals surface area contributed by atoms with Crippen molar-refractivity contribution in [2.45, 2.75) is 13.0 Å². The molecule has 8 heteroatoms. The van der Waals surface area contributed by atoms with E-state index < -0.39 is 0 Å². The van der Waals surface area contributed by atoms with Crippen LogP contribution in [0.15, 0.2) is 53.4 Å². The van der Waals surface area contributed by atoms with Gasteiger partial charge in [0.2, 0.25) is 0 Å². The van der Waals surface area contributed by atoms with Crippen molar-refractivity contribution in [2.24, 2.45) is 0 Å². The topological polar surface area (TPSA) is 98.5 Å². The van der Waals surface area contributed by atoms with Gasteiger partial charge >= 0.3 is 0 Å². The van der Waals surface area contributed by atoms with Crippen LogP contribution in [-0.2, 0) is 13.0 Å². The number of nitrogens with zero attached hydrogens (tertiary/aromatic N) is 2. The van der Waals surface area contributed by atoms with Crippen molar-refractivity contribution < 1.29 is 18.7 Å². The van der Waals surface area contributed by atoms with Crippen molar-refractivity contribution >= 4 is 11.7 Å². The van der Waals surface area contributed by atoms with E-state index in [0.717, 1.165) is 12.0 Å². The fourth-order valence-electron chi connectivity index (χ4n) is 2.62. The van der Waals surface area contributed by atoms with Crippen molar-refractivity contribution in [2.75, 3.05) is 26.1 Å². The van der Waals surface area contributed by atoms with Gasteiger partial charge in [0.1, 0.15) is 23.6 Å². The van der Waals surface area contributed by atoms with E-state index in [0.29, 0.717) is 36.2 Å². The van der Waals surface area contributed by atoms with Gasteiger partial charge in [0.25, 0.3) is 5.91 Å². The molecule has 28 heavy (non-hydrogen) atoms. The molecule has 8 nitrogen and oxygen atoms in total. The summed E-state index contributed by atoms with van der Waals surface area (Å²) in [6, 6.07) is 11.0. The molecule has 2 aromatic heterocycles. The first kappa shape index (κ1) is 19.2. The molecule has 0 atom stereocenters. The Morgan fingerprint density at radius 1 is 1.11 bits per heavy atom. The molecule has 3 aromatic rings. The second-order valence-corrected chi connectivity index (χ2v) is 5.92. The summed E-state index contributed by atoms with van der Waals surface area (Å²) >= 11 is 0. The number of anilines is 1. The molecule has 3 rings (SSSR count). The minimum absolute atomic E-state index is 0.287. The lowest BCUT2D eigenvalue weighted by molar-refractivity contribution is 0.0943. The first-order chi connectivity index (χ1) is 13.7. The SMILES string of the molecule is COc1ccc(CCNc2cc(C(=O)NCc3ccco3)ncn2)cc1OC. The van der Waals surface area contributed by atoms with Gasteiger partial charge < -0.3 is 24.5 Å². The minimum Gasteiger partial charge on any atom is -0.493 e. The van der Waals surface area contributed by atoms with Crippen LogP contribution in [0, 0.1) is 0 Å². The quantitative estimate of drug-likeness (QED) is 0.587. The molecule has 0 fully saturated rings. The van der Waals surface area contributed by atoms with Crippen molar-refractivity contribution in [3.63, 3.8) is 0 Å². The maximum atomic E-state index is 12.2. The number of rotatable bonds is 9. The summed E-state index contributed by atoms with van der Waals surface area (Å²) < 4.78 is 15.8. The number of aromatic nitrogens is 2. The molecule has 0 aliphatic carbocycles. The van der Waals surface area contributed by atoms with Crippen LogP contribution in [0.2, 0.25) is 0 Å². The average molecular weight is 382 g/mol. The molecule has 0 saturated heterocycles. The molecule has 0 unspecified atom stereocenters. The highest BCUT2D eigenvalue weighted by molar-refractivity contribution is 5.92. The average Bonchev–Trinajstić information content (AvgIpc) is 3.25. The van der Waals surface area contributed by atoms with Gasteiger partial charge in [-0.15, -0.1) is 0 Å². The van der Waals surface area contributed by atoms with Gasteiger partial charge in [0.15, 0.2) is 11.5 Å². The van der Waals surface area contributed by atoms with E-state index in [9.17, 15) is 4.79 Å². The van der Waals surface area contributed by atoms with Crippen LogP contribution < -0.4 is 20.1 Å². The summed E-state index contributed by atoms with van der Waals surface area (Å²) in [6.07, 6.45) is 3.68. The molecule has 0 saturated carbocycles. The summed E-state index contributed by atoms with van der Waals surface area (Å²) in [7, 11) is 3.22. The summed E-state index contributed by atoms with van der Waals surface area (Å²) in [5, 5.41) is 5.96. The van der Waals surface area contributed by atoms with Gasteiger partial charge in [-0.2, -0.15) is 0 Å². The molecular formula is C20H22N4O4. The number of amides is 1. The Hall–Kier alpha value is -3.55. The molecule has 2 N–H and O–H groups in total. The third kappa shape index (κ3) is 5.00. The second kappa shape index (κ2) is 9.40. The van der Waals surface area contributed by atoms with Gasteiger partial charge in [-0.05, 0) is 36.2 Å². The van der Waals surface area contributed by atoms with Crippen LogP contribution in [0.3, 0.4) is 0 Å². The van der Waals surface area contributed by atoms with Gasteiger partial charge in [-0.1, -0.05) is 6.07 Å².